The first-order chi connectivity index (χ1) is 11.2. The molecular formula is C16H13N3O3S. The van der Waals surface area contributed by atoms with Gasteiger partial charge in [0.2, 0.25) is 0 Å². The summed E-state index contributed by atoms with van der Waals surface area (Å²) in [6.45, 7) is 0. The van der Waals surface area contributed by atoms with E-state index in [4.69, 9.17) is 4.74 Å². The zero-order valence-electron chi connectivity index (χ0n) is 12.2. The molecule has 0 spiro atoms. The number of phenols is 1. The summed E-state index contributed by atoms with van der Waals surface area (Å²) in [5, 5.41) is 13.0. The van der Waals surface area contributed by atoms with E-state index in [1.54, 1.807) is 24.5 Å². The van der Waals surface area contributed by atoms with Crippen LogP contribution in [0.4, 0.5) is 5.13 Å². The van der Waals surface area contributed by atoms with Gasteiger partial charge in [0.15, 0.2) is 5.13 Å². The van der Waals surface area contributed by atoms with Crippen LogP contribution in [0, 0.1) is 0 Å². The number of anilines is 1. The monoisotopic (exact) mass is 327 g/mol. The number of ether oxygens (including phenoxy) is 1. The van der Waals surface area contributed by atoms with E-state index in [0.29, 0.717) is 10.9 Å². The molecule has 3 rings (SSSR count). The average molecular weight is 327 g/mol. The van der Waals surface area contributed by atoms with Crippen LogP contribution in [-0.4, -0.2) is 28.1 Å². The number of carbonyl (C=O) groups is 1. The zero-order chi connectivity index (χ0) is 16.2. The minimum atomic E-state index is -0.484. The summed E-state index contributed by atoms with van der Waals surface area (Å²) in [7, 11) is 1.44. The van der Waals surface area contributed by atoms with Crippen LogP contribution in [0.3, 0.4) is 0 Å². The summed E-state index contributed by atoms with van der Waals surface area (Å²) in [5.41, 5.74) is 0.857. The van der Waals surface area contributed by atoms with Crippen LogP contribution >= 0.6 is 11.3 Å². The van der Waals surface area contributed by atoms with Crippen LogP contribution in [0.25, 0.3) is 10.6 Å². The number of nitrogens with one attached hydrogen (secondary N) is 1. The van der Waals surface area contributed by atoms with Crippen molar-refractivity contribution in [3.05, 3.63) is 54.4 Å². The van der Waals surface area contributed by atoms with Crippen molar-refractivity contribution < 1.29 is 14.6 Å². The topological polar surface area (TPSA) is 84.3 Å². The molecule has 0 saturated heterocycles. The molecule has 1 aromatic carbocycles. The second-order valence-corrected chi connectivity index (χ2v) is 5.58. The third-order valence-corrected chi connectivity index (χ3v) is 4.03. The summed E-state index contributed by atoms with van der Waals surface area (Å²) in [6, 6.07) is 10.2. The number of nitrogens with zero attached hydrogens (tertiary/aromatic N) is 2. The Morgan fingerprint density at radius 2 is 2.09 bits per heavy atom. The number of aromatic hydroxyl groups is 1. The molecule has 0 saturated carbocycles. The molecule has 7 heteroatoms. The number of phenolic OH excluding ortho intramolecular Hbond substituents is 1. The maximum absolute atomic E-state index is 12.4. The van der Waals surface area contributed by atoms with Crippen LogP contribution in [0.5, 0.6) is 11.5 Å². The molecule has 2 heterocycles. The van der Waals surface area contributed by atoms with Gasteiger partial charge in [-0.15, -0.1) is 0 Å². The van der Waals surface area contributed by atoms with Gasteiger partial charge < -0.3 is 9.84 Å². The Morgan fingerprint density at radius 1 is 1.22 bits per heavy atom. The van der Waals surface area contributed by atoms with Crippen LogP contribution in [0.1, 0.15) is 10.4 Å². The highest BCUT2D eigenvalue weighted by Gasteiger charge is 2.18. The SMILES string of the molecule is COc1cccc(O)c1C(=O)Nc1ncc(-c2ccccn2)s1. The second-order valence-electron chi connectivity index (χ2n) is 4.55. The average Bonchev–Trinajstić information content (AvgIpc) is 3.03. The number of hydrogen-bond acceptors (Lipinski definition) is 6. The van der Waals surface area contributed by atoms with Gasteiger partial charge in [0.1, 0.15) is 17.1 Å². The Morgan fingerprint density at radius 3 is 2.83 bits per heavy atom. The molecule has 0 aliphatic carbocycles. The Kier molecular flexibility index (Phi) is 4.20. The third kappa shape index (κ3) is 3.14. The van der Waals surface area contributed by atoms with E-state index in [-0.39, 0.29) is 11.3 Å². The van der Waals surface area contributed by atoms with Crippen molar-refractivity contribution in [2.75, 3.05) is 12.4 Å². The first kappa shape index (κ1) is 15.0. The second kappa shape index (κ2) is 6.45. The lowest BCUT2D eigenvalue weighted by molar-refractivity contribution is 0.102. The van der Waals surface area contributed by atoms with Gasteiger partial charge in [0.05, 0.1) is 17.7 Å². The van der Waals surface area contributed by atoms with Crippen molar-refractivity contribution in [1.29, 1.82) is 0 Å². The summed E-state index contributed by atoms with van der Waals surface area (Å²) < 4.78 is 5.11. The number of pyridine rings is 1. The van der Waals surface area contributed by atoms with Gasteiger partial charge in [-0.2, -0.15) is 0 Å². The van der Waals surface area contributed by atoms with E-state index >= 15 is 0 Å². The van der Waals surface area contributed by atoms with Gasteiger partial charge in [-0.3, -0.25) is 15.1 Å². The van der Waals surface area contributed by atoms with Gasteiger partial charge in [-0.25, -0.2) is 4.98 Å². The van der Waals surface area contributed by atoms with Crippen LogP contribution in [0.2, 0.25) is 0 Å². The third-order valence-electron chi connectivity index (χ3n) is 3.09. The largest absolute Gasteiger partial charge is 0.507 e. The standard InChI is InChI=1S/C16H13N3O3S/c1-22-12-7-4-6-11(20)14(12)15(21)19-16-18-9-13(23-16)10-5-2-3-8-17-10/h2-9,20H,1H3,(H,18,19,21). The fourth-order valence-electron chi connectivity index (χ4n) is 2.04. The number of rotatable bonds is 4. The van der Waals surface area contributed by atoms with Crippen LogP contribution in [0.15, 0.2) is 48.8 Å². The van der Waals surface area contributed by atoms with E-state index in [0.717, 1.165) is 10.6 Å². The highest BCUT2D eigenvalue weighted by molar-refractivity contribution is 7.19. The normalized spacial score (nSPS) is 10.3. The molecule has 0 unspecified atom stereocenters. The predicted octanol–water partition coefficient (Wildman–Crippen LogP) is 3.17. The molecular weight excluding hydrogens is 314 g/mol. The quantitative estimate of drug-likeness (QED) is 0.769. The molecule has 0 radical (unpaired) electrons. The van der Waals surface area contributed by atoms with Gasteiger partial charge >= 0.3 is 0 Å². The molecule has 2 aromatic heterocycles. The molecule has 2 N–H and O–H groups in total. The van der Waals surface area contributed by atoms with E-state index in [9.17, 15) is 9.90 Å². The van der Waals surface area contributed by atoms with Crippen LogP contribution in [-0.2, 0) is 0 Å². The van der Waals surface area contributed by atoms with Crippen molar-refractivity contribution in [3.63, 3.8) is 0 Å². The van der Waals surface area contributed by atoms with Gasteiger partial charge in [-0.1, -0.05) is 23.5 Å². The van der Waals surface area contributed by atoms with E-state index in [2.05, 4.69) is 15.3 Å². The maximum atomic E-state index is 12.4. The number of amides is 1. The molecule has 3 aromatic rings. The van der Waals surface area contributed by atoms with Crippen LogP contribution < -0.4 is 10.1 Å². The minimum absolute atomic E-state index is 0.0737. The van der Waals surface area contributed by atoms with Crippen molar-refractivity contribution >= 4 is 22.4 Å². The van der Waals surface area contributed by atoms with Crippen molar-refractivity contribution in [3.8, 4) is 22.1 Å². The Bertz CT molecular complexity index is 834. The first-order valence-corrected chi connectivity index (χ1v) is 7.55. The van der Waals surface area contributed by atoms with Crippen molar-refractivity contribution in [2.24, 2.45) is 0 Å². The number of benzene rings is 1. The lowest BCUT2D eigenvalue weighted by Gasteiger charge is -2.09. The first-order valence-electron chi connectivity index (χ1n) is 6.73. The van der Waals surface area contributed by atoms with Crippen molar-refractivity contribution in [2.45, 2.75) is 0 Å². The molecule has 1 amide bonds. The number of carbonyl (C=O) groups excluding carboxylic acids is 1. The molecule has 0 aliphatic heterocycles. The van der Waals surface area contributed by atoms with Crippen molar-refractivity contribution in [1.82, 2.24) is 9.97 Å². The molecule has 116 valence electrons. The summed E-state index contributed by atoms with van der Waals surface area (Å²) in [4.78, 5) is 21.6. The smallest absolute Gasteiger partial charge is 0.265 e. The molecule has 0 atom stereocenters. The molecule has 0 bridgehead atoms. The Balaban J connectivity index is 1.83. The Labute approximate surface area is 136 Å². The number of hydrogen-bond donors (Lipinski definition) is 2. The van der Waals surface area contributed by atoms with E-state index < -0.39 is 5.91 Å². The minimum Gasteiger partial charge on any atom is -0.507 e. The number of methoxy groups -OCH3 is 1. The van der Waals surface area contributed by atoms with Gasteiger partial charge in [0.25, 0.3) is 5.91 Å². The maximum Gasteiger partial charge on any atom is 0.265 e. The zero-order valence-corrected chi connectivity index (χ0v) is 13.0. The molecule has 0 fully saturated rings. The van der Waals surface area contributed by atoms with Gasteiger partial charge in [-0.05, 0) is 24.3 Å². The molecule has 6 nitrogen and oxygen atoms in total. The molecule has 23 heavy (non-hydrogen) atoms. The highest BCUT2D eigenvalue weighted by atomic mass is 32.1. The predicted molar refractivity (Wildman–Crippen MR) is 88.0 cm³/mol. The Hall–Kier alpha value is -2.93. The molecule has 0 aliphatic rings. The lowest BCUT2D eigenvalue weighted by Crippen LogP contribution is -2.13. The summed E-state index contributed by atoms with van der Waals surface area (Å²) >= 11 is 1.30. The van der Waals surface area contributed by atoms with E-state index in [1.807, 2.05) is 18.2 Å². The van der Waals surface area contributed by atoms with E-state index in [1.165, 1.54) is 24.5 Å². The fraction of sp³-hybridized carbons (Fsp3) is 0.0625. The number of thiazole rings is 1. The highest BCUT2D eigenvalue weighted by Crippen LogP contribution is 2.31. The fourth-order valence-corrected chi connectivity index (χ4v) is 2.82. The number of aromatic nitrogens is 2. The lowest BCUT2D eigenvalue weighted by atomic mass is 10.1. The summed E-state index contributed by atoms with van der Waals surface area (Å²) in [5.74, 6) is -0.339. The van der Waals surface area contributed by atoms with Gasteiger partial charge in [0, 0.05) is 12.4 Å². The summed E-state index contributed by atoms with van der Waals surface area (Å²) in [6.07, 6.45) is 3.34.